The summed E-state index contributed by atoms with van der Waals surface area (Å²) in [5.74, 6) is -0.242. The monoisotopic (exact) mass is 288 g/mol. The molecular weight excluding hydrogens is 271 g/mol. The number of carbonyl (C=O) groups excluding carboxylic acids is 1. The number of halogens is 1. The van der Waals surface area contributed by atoms with Gasteiger partial charge in [-0.05, 0) is 48.9 Å². The number of anilines is 2. The van der Waals surface area contributed by atoms with Crippen LogP contribution in [0.25, 0.3) is 0 Å². The normalized spacial score (nSPS) is 10.0. The molecule has 2 rings (SSSR count). The Labute approximate surface area is 122 Å². The molecule has 2 N–H and O–H groups in total. The Morgan fingerprint density at radius 2 is 1.67 bits per heavy atom. The van der Waals surface area contributed by atoms with Gasteiger partial charge in [0.15, 0.2) is 0 Å². The smallest absolute Gasteiger partial charge is 0.411 e. The van der Waals surface area contributed by atoms with Crippen molar-refractivity contribution in [2.75, 3.05) is 17.2 Å². The van der Waals surface area contributed by atoms with Gasteiger partial charge in [-0.2, -0.15) is 0 Å². The maximum Gasteiger partial charge on any atom is 0.411 e. The van der Waals surface area contributed by atoms with Gasteiger partial charge in [0.25, 0.3) is 0 Å². The average molecular weight is 288 g/mol. The van der Waals surface area contributed by atoms with Crippen LogP contribution in [0.5, 0.6) is 0 Å². The second kappa shape index (κ2) is 7.28. The lowest BCUT2D eigenvalue weighted by Crippen LogP contribution is -2.13. The largest absolute Gasteiger partial charge is 0.450 e. The SMILES string of the molecule is CCOC(=O)Nc1ccc(NCc2ccc(F)cc2)cc1. The molecular formula is C16H17FN2O2. The van der Waals surface area contributed by atoms with E-state index in [-0.39, 0.29) is 5.82 Å². The summed E-state index contributed by atoms with van der Waals surface area (Å²) in [7, 11) is 0. The molecule has 0 spiro atoms. The number of rotatable bonds is 5. The van der Waals surface area contributed by atoms with E-state index in [0.29, 0.717) is 18.8 Å². The number of benzene rings is 2. The number of hydrogen-bond donors (Lipinski definition) is 2. The molecule has 2 aromatic rings. The topological polar surface area (TPSA) is 50.4 Å². The third kappa shape index (κ3) is 4.80. The van der Waals surface area contributed by atoms with E-state index in [0.717, 1.165) is 11.3 Å². The second-order valence-electron chi connectivity index (χ2n) is 4.40. The fourth-order valence-electron chi connectivity index (χ4n) is 1.76. The lowest BCUT2D eigenvalue weighted by molar-refractivity contribution is 0.168. The maximum absolute atomic E-state index is 12.8. The molecule has 110 valence electrons. The van der Waals surface area contributed by atoms with Gasteiger partial charge in [0.05, 0.1) is 6.61 Å². The summed E-state index contributed by atoms with van der Waals surface area (Å²) in [6.45, 7) is 2.69. The van der Waals surface area contributed by atoms with Crippen molar-refractivity contribution in [1.29, 1.82) is 0 Å². The Kier molecular flexibility index (Phi) is 5.15. The summed E-state index contributed by atoms with van der Waals surface area (Å²) in [5, 5.41) is 5.84. The van der Waals surface area contributed by atoms with Crippen LogP contribution in [0.2, 0.25) is 0 Å². The molecule has 0 unspecified atom stereocenters. The van der Waals surface area contributed by atoms with Crippen LogP contribution in [0.4, 0.5) is 20.6 Å². The van der Waals surface area contributed by atoms with Crippen molar-refractivity contribution >= 4 is 17.5 Å². The molecule has 21 heavy (non-hydrogen) atoms. The first-order valence-corrected chi connectivity index (χ1v) is 6.69. The quantitative estimate of drug-likeness (QED) is 0.874. The van der Waals surface area contributed by atoms with E-state index in [1.54, 1.807) is 31.2 Å². The molecule has 0 bridgehead atoms. The van der Waals surface area contributed by atoms with E-state index in [4.69, 9.17) is 4.74 Å². The third-order valence-corrected chi connectivity index (χ3v) is 2.82. The molecule has 0 radical (unpaired) electrons. The lowest BCUT2D eigenvalue weighted by Gasteiger charge is -2.08. The van der Waals surface area contributed by atoms with Crippen molar-refractivity contribution in [3.63, 3.8) is 0 Å². The molecule has 0 aliphatic heterocycles. The summed E-state index contributed by atoms with van der Waals surface area (Å²) >= 11 is 0. The van der Waals surface area contributed by atoms with Crippen molar-refractivity contribution in [2.24, 2.45) is 0 Å². The summed E-state index contributed by atoms with van der Waals surface area (Å²) in [6, 6.07) is 13.6. The Morgan fingerprint density at radius 3 is 2.29 bits per heavy atom. The Morgan fingerprint density at radius 1 is 1.05 bits per heavy atom. The van der Waals surface area contributed by atoms with E-state index in [1.165, 1.54) is 12.1 Å². The Balaban J connectivity index is 1.87. The highest BCUT2D eigenvalue weighted by molar-refractivity contribution is 5.84. The Bertz CT molecular complexity index is 582. The highest BCUT2D eigenvalue weighted by Gasteiger charge is 2.01. The van der Waals surface area contributed by atoms with Crippen molar-refractivity contribution in [2.45, 2.75) is 13.5 Å². The van der Waals surface area contributed by atoms with Crippen LogP contribution < -0.4 is 10.6 Å². The minimum atomic E-state index is -0.468. The first kappa shape index (κ1) is 14.8. The molecule has 2 aromatic carbocycles. The van der Waals surface area contributed by atoms with E-state index in [1.807, 2.05) is 12.1 Å². The Hall–Kier alpha value is -2.56. The van der Waals surface area contributed by atoms with E-state index in [9.17, 15) is 9.18 Å². The lowest BCUT2D eigenvalue weighted by atomic mass is 10.2. The van der Waals surface area contributed by atoms with Crippen LogP contribution in [0.1, 0.15) is 12.5 Å². The highest BCUT2D eigenvalue weighted by atomic mass is 19.1. The van der Waals surface area contributed by atoms with Crippen LogP contribution in [0.15, 0.2) is 48.5 Å². The molecule has 0 heterocycles. The van der Waals surface area contributed by atoms with Gasteiger partial charge in [0, 0.05) is 17.9 Å². The number of nitrogens with one attached hydrogen (secondary N) is 2. The molecule has 0 aliphatic carbocycles. The van der Waals surface area contributed by atoms with Gasteiger partial charge in [0.1, 0.15) is 5.82 Å². The van der Waals surface area contributed by atoms with Gasteiger partial charge in [-0.15, -0.1) is 0 Å². The van der Waals surface area contributed by atoms with Gasteiger partial charge in [0.2, 0.25) is 0 Å². The van der Waals surface area contributed by atoms with Crippen LogP contribution in [0, 0.1) is 5.82 Å². The predicted octanol–water partition coefficient (Wildman–Crippen LogP) is 4.01. The number of ether oxygens (including phenoxy) is 1. The van der Waals surface area contributed by atoms with Gasteiger partial charge in [-0.1, -0.05) is 12.1 Å². The van der Waals surface area contributed by atoms with E-state index < -0.39 is 6.09 Å². The number of hydrogen-bond acceptors (Lipinski definition) is 3. The fourth-order valence-corrected chi connectivity index (χ4v) is 1.76. The van der Waals surface area contributed by atoms with Crippen LogP contribution in [-0.4, -0.2) is 12.7 Å². The first-order valence-electron chi connectivity index (χ1n) is 6.69. The summed E-state index contributed by atoms with van der Waals surface area (Å²) in [6.07, 6.45) is -0.468. The molecule has 0 aliphatic rings. The molecule has 0 aromatic heterocycles. The second-order valence-corrected chi connectivity index (χ2v) is 4.40. The van der Waals surface area contributed by atoms with Gasteiger partial charge in [-0.25, -0.2) is 9.18 Å². The maximum atomic E-state index is 12.8. The predicted molar refractivity (Wildman–Crippen MR) is 80.8 cm³/mol. The number of amides is 1. The van der Waals surface area contributed by atoms with Gasteiger partial charge in [-0.3, -0.25) is 5.32 Å². The van der Waals surface area contributed by atoms with Gasteiger partial charge < -0.3 is 10.1 Å². The fraction of sp³-hybridized carbons (Fsp3) is 0.188. The number of carbonyl (C=O) groups is 1. The van der Waals surface area contributed by atoms with Gasteiger partial charge >= 0.3 is 6.09 Å². The van der Waals surface area contributed by atoms with Crippen molar-refractivity contribution in [3.05, 3.63) is 59.9 Å². The zero-order chi connectivity index (χ0) is 15.1. The zero-order valence-corrected chi connectivity index (χ0v) is 11.7. The minimum absolute atomic E-state index is 0.242. The minimum Gasteiger partial charge on any atom is -0.450 e. The summed E-state index contributed by atoms with van der Waals surface area (Å²) < 4.78 is 17.6. The summed E-state index contributed by atoms with van der Waals surface area (Å²) in [4.78, 5) is 11.3. The molecule has 1 amide bonds. The van der Waals surface area contributed by atoms with Crippen LogP contribution in [0.3, 0.4) is 0 Å². The molecule has 0 atom stereocenters. The van der Waals surface area contributed by atoms with Crippen molar-refractivity contribution in [3.8, 4) is 0 Å². The first-order chi connectivity index (χ1) is 10.2. The highest BCUT2D eigenvalue weighted by Crippen LogP contribution is 2.15. The van der Waals surface area contributed by atoms with E-state index in [2.05, 4.69) is 10.6 Å². The van der Waals surface area contributed by atoms with Crippen LogP contribution >= 0.6 is 0 Å². The third-order valence-electron chi connectivity index (χ3n) is 2.82. The molecule has 4 nitrogen and oxygen atoms in total. The molecule has 0 saturated heterocycles. The summed E-state index contributed by atoms with van der Waals surface area (Å²) in [5.41, 5.74) is 2.57. The zero-order valence-electron chi connectivity index (χ0n) is 11.7. The van der Waals surface area contributed by atoms with Crippen LogP contribution in [-0.2, 0) is 11.3 Å². The van der Waals surface area contributed by atoms with Crippen molar-refractivity contribution in [1.82, 2.24) is 0 Å². The molecule has 0 saturated carbocycles. The van der Waals surface area contributed by atoms with E-state index >= 15 is 0 Å². The standard InChI is InChI=1S/C16H17FN2O2/c1-2-21-16(20)19-15-9-7-14(8-10-15)18-11-12-3-5-13(17)6-4-12/h3-10,18H,2,11H2,1H3,(H,19,20). The average Bonchev–Trinajstić information content (AvgIpc) is 2.48. The molecule has 0 fully saturated rings. The molecule has 5 heteroatoms. The van der Waals surface area contributed by atoms with Crippen molar-refractivity contribution < 1.29 is 13.9 Å².